The predicted octanol–water partition coefficient (Wildman–Crippen LogP) is 3.81. The standard InChI is InChI=1S/C17H24N2/c1-14(17(2)9-10-17)18-11-5-12-19-13-8-15-6-3-4-7-16(15)19/h3-4,6-8,13-14,18H,5,9-12H2,1-2H3. The molecule has 0 spiro atoms. The van der Waals surface area contributed by atoms with Gasteiger partial charge in [-0.2, -0.15) is 0 Å². The smallest absolute Gasteiger partial charge is 0.0480 e. The zero-order valence-electron chi connectivity index (χ0n) is 12.0. The maximum absolute atomic E-state index is 3.68. The molecule has 2 aromatic rings. The summed E-state index contributed by atoms with van der Waals surface area (Å²) in [6.45, 7) is 6.94. The molecule has 102 valence electrons. The van der Waals surface area contributed by atoms with Crippen molar-refractivity contribution in [3.8, 4) is 0 Å². The molecular formula is C17H24N2. The van der Waals surface area contributed by atoms with E-state index in [9.17, 15) is 0 Å². The van der Waals surface area contributed by atoms with Gasteiger partial charge in [0.25, 0.3) is 0 Å². The summed E-state index contributed by atoms with van der Waals surface area (Å²) < 4.78 is 2.36. The van der Waals surface area contributed by atoms with E-state index >= 15 is 0 Å². The average molecular weight is 256 g/mol. The first-order chi connectivity index (χ1) is 9.19. The Morgan fingerprint density at radius 2 is 2.05 bits per heavy atom. The van der Waals surface area contributed by atoms with Crippen LogP contribution in [0.5, 0.6) is 0 Å². The molecule has 0 aliphatic heterocycles. The van der Waals surface area contributed by atoms with Crippen molar-refractivity contribution in [2.24, 2.45) is 5.41 Å². The molecule has 0 saturated heterocycles. The molecule has 1 heterocycles. The second-order valence-corrected chi connectivity index (χ2v) is 6.25. The van der Waals surface area contributed by atoms with Crippen LogP contribution in [-0.2, 0) is 6.54 Å². The second-order valence-electron chi connectivity index (χ2n) is 6.25. The Balaban J connectivity index is 1.50. The van der Waals surface area contributed by atoms with Gasteiger partial charge in [0, 0.05) is 24.3 Å². The number of rotatable bonds is 6. The lowest BCUT2D eigenvalue weighted by molar-refractivity contribution is 0.376. The molecule has 1 N–H and O–H groups in total. The normalized spacial score (nSPS) is 18.6. The van der Waals surface area contributed by atoms with Crippen LogP contribution in [0, 0.1) is 5.41 Å². The molecule has 2 heteroatoms. The minimum Gasteiger partial charge on any atom is -0.347 e. The number of hydrogen-bond donors (Lipinski definition) is 1. The van der Waals surface area contributed by atoms with Crippen molar-refractivity contribution >= 4 is 10.9 Å². The van der Waals surface area contributed by atoms with Crippen LogP contribution in [0.1, 0.15) is 33.1 Å². The largest absolute Gasteiger partial charge is 0.347 e. The number of benzene rings is 1. The first-order valence-corrected chi connectivity index (χ1v) is 7.46. The van der Waals surface area contributed by atoms with Crippen molar-refractivity contribution < 1.29 is 0 Å². The van der Waals surface area contributed by atoms with Crippen molar-refractivity contribution in [1.29, 1.82) is 0 Å². The van der Waals surface area contributed by atoms with E-state index in [4.69, 9.17) is 0 Å². The van der Waals surface area contributed by atoms with Crippen molar-refractivity contribution in [3.05, 3.63) is 36.5 Å². The van der Waals surface area contributed by atoms with E-state index in [2.05, 4.69) is 60.3 Å². The Kier molecular flexibility index (Phi) is 3.36. The fourth-order valence-corrected chi connectivity index (χ4v) is 2.78. The summed E-state index contributed by atoms with van der Waals surface area (Å²) >= 11 is 0. The molecular weight excluding hydrogens is 232 g/mol. The van der Waals surface area contributed by atoms with Gasteiger partial charge in [0.05, 0.1) is 0 Å². The summed E-state index contributed by atoms with van der Waals surface area (Å²) in [5, 5.41) is 5.02. The maximum atomic E-state index is 3.68. The Labute approximate surface area is 115 Å². The minimum atomic E-state index is 0.583. The first-order valence-electron chi connectivity index (χ1n) is 7.46. The Morgan fingerprint density at radius 3 is 2.84 bits per heavy atom. The average Bonchev–Trinajstić information content (AvgIpc) is 3.05. The van der Waals surface area contributed by atoms with Gasteiger partial charge >= 0.3 is 0 Å². The van der Waals surface area contributed by atoms with E-state index in [-0.39, 0.29) is 0 Å². The lowest BCUT2D eigenvalue weighted by atomic mass is 10.0. The van der Waals surface area contributed by atoms with Gasteiger partial charge in [0.1, 0.15) is 0 Å². The number of nitrogens with one attached hydrogen (secondary N) is 1. The van der Waals surface area contributed by atoms with Crippen LogP contribution in [0.2, 0.25) is 0 Å². The third kappa shape index (κ3) is 2.69. The molecule has 1 aromatic heterocycles. The molecule has 19 heavy (non-hydrogen) atoms. The number of nitrogens with zero attached hydrogens (tertiary/aromatic N) is 1. The highest BCUT2D eigenvalue weighted by atomic mass is 15.0. The topological polar surface area (TPSA) is 17.0 Å². The highest BCUT2D eigenvalue weighted by molar-refractivity contribution is 5.79. The van der Waals surface area contributed by atoms with Gasteiger partial charge in [-0.1, -0.05) is 25.1 Å². The highest BCUT2D eigenvalue weighted by Crippen LogP contribution is 2.47. The van der Waals surface area contributed by atoms with E-state index in [0.29, 0.717) is 11.5 Å². The monoisotopic (exact) mass is 256 g/mol. The molecule has 1 atom stereocenters. The molecule has 0 amide bonds. The van der Waals surface area contributed by atoms with Gasteiger partial charge in [-0.15, -0.1) is 0 Å². The van der Waals surface area contributed by atoms with Gasteiger partial charge in [-0.3, -0.25) is 0 Å². The van der Waals surface area contributed by atoms with Crippen LogP contribution < -0.4 is 5.32 Å². The zero-order chi connectivity index (χ0) is 13.3. The predicted molar refractivity (Wildman–Crippen MR) is 81.4 cm³/mol. The number of aryl methyl sites for hydroxylation is 1. The molecule has 1 saturated carbocycles. The van der Waals surface area contributed by atoms with Crippen LogP contribution in [0.4, 0.5) is 0 Å². The van der Waals surface area contributed by atoms with Gasteiger partial charge in [-0.05, 0) is 55.7 Å². The maximum Gasteiger partial charge on any atom is 0.0480 e. The Morgan fingerprint density at radius 1 is 1.26 bits per heavy atom. The number of aromatic nitrogens is 1. The van der Waals surface area contributed by atoms with Crippen LogP contribution in [0.3, 0.4) is 0 Å². The highest BCUT2D eigenvalue weighted by Gasteiger charge is 2.41. The number of para-hydroxylation sites is 1. The third-order valence-electron chi connectivity index (χ3n) is 4.79. The molecule has 0 bridgehead atoms. The van der Waals surface area contributed by atoms with Gasteiger partial charge < -0.3 is 9.88 Å². The Bertz CT molecular complexity index is 551. The van der Waals surface area contributed by atoms with Gasteiger partial charge in [-0.25, -0.2) is 0 Å². The van der Waals surface area contributed by atoms with E-state index in [1.807, 2.05) is 0 Å². The number of hydrogen-bond acceptors (Lipinski definition) is 1. The summed E-state index contributed by atoms with van der Waals surface area (Å²) in [6.07, 6.45) is 6.18. The summed E-state index contributed by atoms with van der Waals surface area (Å²) in [6, 6.07) is 11.5. The second kappa shape index (κ2) is 5.01. The van der Waals surface area contributed by atoms with E-state index in [1.54, 1.807) is 0 Å². The molecule has 1 aromatic carbocycles. The molecule has 2 nitrogen and oxygen atoms in total. The molecule has 1 aliphatic carbocycles. The van der Waals surface area contributed by atoms with Crippen LogP contribution >= 0.6 is 0 Å². The van der Waals surface area contributed by atoms with Crippen LogP contribution in [0.25, 0.3) is 10.9 Å². The molecule has 1 aliphatic rings. The van der Waals surface area contributed by atoms with Gasteiger partial charge in [0.2, 0.25) is 0 Å². The summed E-state index contributed by atoms with van der Waals surface area (Å²) in [4.78, 5) is 0. The van der Waals surface area contributed by atoms with Crippen molar-refractivity contribution in [2.45, 2.75) is 45.7 Å². The fraction of sp³-hybridized carbons (Fsp3) is 0.529. The van der Waals surface area contributed by atoms with Crippen LogP contribution in [0.15, 0.2) is 36.5 Å². The minimum absolute atomic E-state index is 0.583. The van der Waals surface area contributed by atoms with Crippen molar-refractivity contribution in [3.63, 3.8) is 0 Å². The van der Waals surface area contributed by atoms with Crippen LogP contribution in [-0.4, -0.2) is 17.2 Å². The van der Waals surface area contributed by atoms with E-state index < -0.39 is 0 Å². The SMILES string of the molecule is CC(NCCCn1ccc2ccccc21)C1(C)CC1. The lowest BCUT2D eigenvalue weighted by Gasteiger charge is -2.20. The Hall–Kier alpha value is -1.28. The molecule has 3 rings (SSSR count). The lowest BCUT2D eigenvalue weighted by Crippen LogP contribution is -2.34. The van der Waals surface area contributed by atoms with Crippen molar-refractivity contribution in [1.82, 2.24) is 9.88 Å². The third-order valence-corrected chi connectivity index (χ3v) is 4.79. The number of fused-ring (bicyclic) bond motifs is 1. The molecule has 1 fully saturated rings. The molecule has 1 unspecified atom stereocenters. The summed E-state index contributed by atoms with van der Waals surface area (Å²) in [5.41, 5.74) is 1.94. The quantitative estimate of drug-likeness (QED) is 0.778. The summed E-state index contributed by atoms with van der Waals surface area (Å²) in [7, 11) is 0. The molecule has 0 radical (unpaired) electrons. The summed E-state index contributed by atoms with van der Waals surface area (Å²) in [5.74, 6) is 0. The van der Waals surface area contributed by atoms with Crippen molar-refractivity contribution in [2.75, 3.05) is 6.54 Å². The first kappa shape index (κ1) is 12.7. The van der Waals surface area contributed by atoms with Gasteiger partial charge in [0.15, 0.2) is 0 Å². The fourth-order valence-electron chi connectivity index (χ4n) is 2.78. The van der Waals surface area contributed by atoms with E-state index in [1.165, 1.54) is 30.2 Å². The zero-order valence-corrected chi connectivity index (χ0v) is 12.0. The van der Waals surface area contributed by atoms with E-state index in [0.717, 1.165) is 13.1 Å².